The lowest BCUT2D eigenvalue weighted by Crippen LogP contribution is -2.50. The second-order valence-corrected chi connectivity index (χ2v) is 7.64. The van der Waals surface area contributed by atoms with E-state index in [1.165, 1.54) is 0 Å². The van der Waals surface area contributed by atoms with E-state index in [1.807, 2.05) is 6.92 Å². The zero-order chi connectivity index (χ0) is 19.2. The maximum absolute atomic E-state index is 12.9. The molecule has 0 aliphatic heterocycles. The van der Waals surface area contributed by atoms with Crippen molar-refractivity contribution in [2.24, 2.45) is 0 Å². The molecule has 0 spiro atoms. The molecule has 0 aromatic heterocycles. The van der Waals surface area contributed by atoms with Gasteiger partial charge in [0, 0.05) is 5.54 Å². The quantitative estimate of drug-likeness (QED) is 0.314. The second kappa shape index (κ2) is 8.87. The molecule has 0 fully saturated rings. The van der Waals surface area contributed by atoms with E-state index in [4.69, 9.17) is 9.79 Å². The summed E-state index contributed by atoms with van der Waals surface area (Å²) in [6.45, 7) is 1.90. The second-order valence-electron chi connectivity index (χ2n) is 6.01. The minimum absolute atomic E-state index is 0.0243. The molecule has 146 valence electrons. The summed E-state index contributed by atoms with van der Waals surface area (Å²) in [5.74, 6) is 0. The van der Waals surface area contributed by atoms with Gasteiger partial charge in [0.05, 0.1) is 12.8 Å². The maximum atomic E-state index is 12.9. The van der Waals surface area contributed by atoms with Gasteiger partial charge in [-0.2, -0.15) is 26.3 Å². The van der Waals surface area contributed by atoms with Crippen LogP contribution >= 0.6 is 7.75 Å². The number of alkyl halides is 6. The van der Waals surface area contributed by atoms with Crippen LogP contribution in [0.2, 0.25) is 0 Å². The maximum Gasteiger partial charge on any atom is 0.403 e. The first-order valence-electron chi connectivity index (χ1n) is 7.56. The van der Waals surface area contributed by atoms with Crippen molar-refractivity contribution in [3.05, 3.63) is 0 Å². The fourth-order valence-electron chi connectivity index (χ4n) is 2.71. The lowest BCUT2D eigenvalue weighted by molar-refractivity contribution is -0.193. The zero-order valence-electron chi connectivity index (χ0n) is 13.6. The number of halogens is 6. The Morgan fingerprint density at radius 1 is 0.875 bits per heavy atom. The summed E-state index contributed by atoms with van der Waals surface area (Å²) in [7, 11) is -4.66. The van der Waals surface area contributed by atoms with Gasteiger partial charge in [-0.15, -0.1) is 0 Å². The molecule has 0 bridgehead atoms. The molecular formula is C13H24F6NO3P. The minimum Gasteiger partial charge on any atom is -0.312 e. The largest absolute Gasteiger partial charge is 0.403 e. The minimum atomic E-state index is -5.28. The van der Waals surface area contributed by atoms with Crippen LogP contribution in [0.25, 0.3) is 0 Å². The first-order valence-corrected chi connectivity index (χ1v) is 9.13. The number of unbranched alkanes of at least 4 members (excludes halogenated alkanes) is 4. The standard InChI is InChI=1S/C13H24F6NO3P/c1-3-4-5-6-7-8-11(9-12(14,15)16,10-13(17,18)19)20(2)24(21,22)23/h3-10H2,1-2H3,(H2,21,22,23). The van der Waals surface area contributed by atoms with E-state index >= 15 is 0 Å². The van der Waals surface area contributed by atoms with Crippen LogP contribution in [0.4, 0.5) is 26.3 Å². The highest BCUT2D eigenvalue weighted by Gasteiger charge is 2.54. The van der Waals surface area contributed by atoms with Gasteiger partial charge >= 0.3 is 20.1 Å². The molecular weight excluding hydrogens is 363 g/mol. The molecule has 0 saturated carbocycles. The van der Waals surface area contributed by atoms with Gasteiger partial charge < -0.3 is 9.79 Å². The molecule has 0 aromatic rings. The monoisotopic (exact) mass is 387 g/mol. The van der Waals surface area contributed by atoms with Crippen molar-refractivity contribution < 1.29 is 40.7 Å². The smallest absolute Gasteiger partial charge is 0.312 e. The summed E-state index contributed by atoms with van der Waals surface area (Å²) >= 11 is 0. The first kappa shape index (κ1) is 23.7. The van der Waals surface area contributed by atoms with E-state index in [1.54, 1.807) is 0 Å². The van der Waals surface area contributed by atoms with E-state index in [0.717, 1.165) is 12.8 Å². The van der Waals surface area contributed by atoms with E-state index < -0.39 is 44.9 Å². The number of rotatable bonds is 10. The van der Waals surface area contributed by atoms with Gasteiger partial charge in [0.2, 0.25) is 0 Å². The molecule has 24 heavy (non-hydrogen) atoms. The third-order valence-electron chi connectivity index (χ3n) is 3.88. The lowest BCUT2D eigenvalue weighted by Gasteiger charge is -2.42. The topological polar surface area (TPSA) is 60.8 Å². The third-order valence-corrected chi connectivity index (χ3v) is 5.09. The van der Waals surface area contributed by atoms with Crippen LogP contribution < -0.4 is 0 Å². The predicted molar refractivity (Wildman–Crippen MR) is 77.3 cm³/mol. The fourth-order valence-corrected chi connectivity index (χ4v) is 3.50. The molecule has 0 aliphatic carbocycles. The summed E-state index contributed by atoms with van der Waals surface area (Å²) in [6.07, 6.45) is -11.7. The highest BCUT2D eigenvalue weighted by atomic mass is 31.2. The number of hydrogen-bond acceptors (Lipinski definition) is 1. The van der Waals surface area contributed by atoms with Crippen molar-refractivity contribution in [3.63, 3.8) is 0 Å². The van der Waals surface area contributed by atoms with Gasteiger partial charge in [0.25, 0.3) is 0 Å². The van der Waals surface area contributed by atoms with Crippen LogP contribution in [0.5, 0.6) is 0 Å². The Hall–Kier alpha value is -0.310. The molecule has 0 unspecified atom stereocenters. The molecule has 0 aliphatic rings. The van der Waals surface area contributed by atoms with Crippen LogP contribution in [0.1, 0.15) is 58.3 Å². The average Bonchev–Trinajstić information content (AvgIpc) is 2.32. The fraction of sp³-hybridized carbons (Fsp3) is 1.00. The van der Waals surface area contributed by atoms with Gasteiger partial charge in [0.15, 0.2) is 0 Å². The molecule has 11 heteroatoms. The van der Waals surface area contributed by atoms with E-state index in [2.05, 4.69) is 0 Å². The van der Waals surface area contributed by atoms with Gasteiger partial charge in [-0.1, -0.05) is 39.0 Å². The van der Waals surface area contributed by atoms with Crippen LogP contribution in [0.3, 0.4) is 0 Å². The molecule has 0 amide bonds. The zero-order valence-corrected chi connectivity index (χ0v) is 14.5. The Balaban J connectivity index is 5.54. The van der Waals surface area contributed by atoms with Crippen molar-refractivity contribution in [2.45, 2.75) is 76.2 Å². The Kier molecular flexibility index (Phi) is 8.76. The van der Waals surface area contributed by atoms with Gasteiger partial charge in [-0.25, -0.2) is 9.24 Å². The summed E-state index contributed by atoms with van der Waals surface area (Å²) < 4.78 is 88.5. The normalized spacial score (nSPS) is 14.5. The molecule has 2 N–H and O–H groups in total. The summed E-state index contributed by atoms with van der Waals surface area (Å²) in [6, 6.07) is 0. The van der Waals surface area contributed by atoms with Crippen LogP contribution in [-0.4, -0.2) is 39.4 Å². The third kappa shape index (κ3) is 9.25. The molecule has 0 aromatic carbocycles. The SMILES string of the molecule is CCCCCCCC(CC(F)(F)F)(CC(F)(F)F)N(C)P(=O)(O)O. The van der Waals surface area contributed by atoms with Gasteiger partial charge in [-0.05, 0) is 13.5 Å². The number of nitrogens with zero attached hydrogens (tertiary/aromatic N) is 1. The van der Waals surface area contributed by atoms with Crippen molar-refractivity contribution in [1.29, 1.82) is 0 Å². The first-order chi connectivity index (χ1) is 10.6. The van der Waals surface area contributed by atoms with Crippen LogP contribution in [0, 0.1) is 0 Å². The molecule has 0 atom stereocenters. The molecule has 4 nitrogen and oxygen atoms in total. The van der Waals surface area contributed by atoms with Crippen molar-refractivity contribution in [1.82, 2.24) is 4.67 Å². The van der Waals surface area contributed by atoms with E-state index in [9.17, 15) is 30.9 Å². The summed E-state index contributed by atoms with van der Waals surface area (Å²) in [5, 5.41) is 0. The highest BCUT2D eigenvalue weighted by Crippen LogP contribution is 2.52. The molecule has 0 saturated heterocycles. The highest BCUT2D eigenvalue weighted by molar-refractivity contribution is 7.49. The van der Waals surface area contributed by atoms with E-state index in [-0.39, 0.29) is 11.1 Å². The molecule has 0 rings (SSSR count). The van der Waals surface area contributed by atoms with Gasteiger partial charge in [-0.3, -0.25) is 0 Å². The average molecular weight is 387 g/mol. The summed E-state index contributed by atoms with van der Waals surface area (Å²) in [4.78, 5) is 18.3. The lowest BCUT2D eigenvalue weighted by atomic mass is 9.84. The van der Waals surface area contributed by atoms with Crippen LogP contribution in [-0.2, 0) is 4.57 Å². The Bertz CT molecular complexity index is 405. The Labute approximate surface area is 137 Å². The Morgan fingerprint density at radius 3 is 1.62 bits per heavy atom. The Morgan fingerprint density at radius 2 is 1.29 bits per heavy atom. The van der Waals surface area contributed by atoms with Crippen molar-refractivity contribution >= 4 is 7.75 Å². The van der Waals surface area contributed by atoms with Crippen LogP contribution in [0.15, 0.2) is 0 Å². The molecule has 0 radical (unpaired) electrons. The van der Waals surface area contributed by atoms with Crippen molar-refractivity contribution in [3.8, 4) is 0 Å². The molecule has 0 heterocycles. The van der Waals surface area contributed by atoms with Gasteiger partial charge in [0.1, 0.15) is 0 Å². The number of hydrogen-bond donors (Lipinski definition) is 2. The predicted octanol–water partition coefficient (Wildman–Crippen LogP) is 5.02. The summed E-state index contributed by atoms with van der Waals surface area (Å²) in [5.41, 5.74) is -2.72. The van der Waals surface area contributed by atoms with Crippen molar-refractivity contribution in [2.75, 3.05) is 7.05 Å². The van der Waals surface area contributed by atoms with E-state index in [0.29, 0.717) is 19.9 Å².